The van der Waals surface area contributed by atoms with Gasteiger partial charge in [-0.3, -0.25) is 4.90 Å². The number of thiophene rings is 1. The van der Waals surface area contributed by atoms with Gasteiger partial charge in [-0.2, -0.15) is 11.8 Å². The summed E-state index contributed by atoms with van der Waals surface area (Å²) in [6, 6.07) is 4.57. The third kappa shape index (κ3) is 3.77. The first kappa shape index (κ1) is 12.4. The molecule has 2 N–H and O–H groups in total. The molecule has 90 valence electrons. The first-order valence-corrected chi connectivity index (χ1v) is 7.93. The Labute approximate surface area is 106 Å². The van der Waals surface area contributed by atoms with Crippen LogP contribution in [0.15, 0.2) is 12.1 Å². The molecule has 2 rings (SSSR count). The van der Waals surface area contributed by atoms with E-state index >= 15 is 0 Å². The molecular weight excluding hydrogens is 236 g/mol. The van der Waals surface area contributed by atoms with Crippen LogP contribution in [0.2, 0.25) is 0 Å². The van der Waals surface area contributed by atoms with E-state index in [1.165, 1.54) is 35.7 Å². The molecule has 0 saturated carbocycles. The molecule has 4 heteroatoms. The van der Waals surface area contributed by atoms with Crippen LogP contribution in [0.1, 0.15) is 22.6 Å². The molecule has 1 aliphatic rings. The average Bonchev–Trinajstić information content (AvgIpc) is 2.91. The van der Waals surface area contributed by atoms with Gasteiger partial charge in [-0.05, 0) is 38.1 Å². The van der Waals surface area contributed by atoms with Gasteiger partial charge in [0.25, 0.3) is 0 Å². The fourth-order valence-electron chi connectivity index (χ4n) is 2.00. The molecule has 0 aliphatic carbocycles. The highest BCUT2D eigenvalue weighted by molar-refractivity contribution is 7.98. The number of thioether (sulfide) groups is 1. The van der Waals surface area contributed by atoms with E-state index in [4.69, 9.17) is 5.73 Å². The van der Waals surface area contributed by atoms with Crippen molar-refractivity contribution in [2.24, 2.45) is 5.73 Å². The van der Waals surface area contributed by atoms with E-state index in [2.05, 4.69) is 17.0 Å². The summed E-state index contributed by atoms with van der Waals surface area (Å²) < 4.78 is 0. The lowest BCUT2D eigenvalue weighted by molar-refractivity contribution is 0.334. The second-order valence-electron chi connectivity index (χ2n) is 4.19. The van der Waals surface area contributed by atoms with Gasteiger partial charge in [0.1, 0.15) is 0 Å². The fraction of sp³-hybridized carbons (Fsp3) is 0.667. The molecule has 0 bridgehead atoms. The maximum atomic E-state index is 5.48. The predicted molar refractivity (Wildman–Crippen MR) is 74.0 cm³/mol. The normalized spacial score (nSPS) is 17.1. The van der Waals surface area contributed by atoms with Crippen molar-refractivity contribution in [3.8, 4) is 0 Å². The predicted octanol–water partition coefficient (Wildman–Crippen LogP) is 2.54. The number of rotatable bonds is 6. The summed E-state index contributed by atoms with van der Waals surface area (Å²) >= 11 is 3.90. The van der Waals surface area contributed by atoms with Gasteiger partial charge in [-0.15, -0.1) is 11.3 Å². The number of nitrogens with two attached hydrogens (primary N) is 1. The Morgan fingerprint density at radius 3 is 2.75 bits per heavy atom. The van der Waals surface area contributed by atoms with Crippen LogP contribution >= 0.6 is 23.1 Å². The van der Waals surface area contributed by atoms with Crippen LogP contribution in [0.25, 0.3) is 0 Å². The molecule has 0 radical (unpaired) electrons. The van der Waals surface area contributed by atoms with Gasteiger partial charge in [0.2, 0.25) is 0 Å². The summed E-state index contributed by atoms with van der Waals surface area (Å²) in [6.07, 6.45) is 2.76. The standard InChI is InChI=1S/C12H20N2S2/c13-5-8-15-10-12-4-3-11(16-12)9-14-6-1-2-7-14/h3-4H,1-2,5-10,13H2. The van der Waals surface area contributed by atoms with E-state index in [9.17, 15) is 0 Å². The highest BCUT2D eigenvalue weighted by atomic mass is 32.2. The number of hydrogen-bond donors (Lipinski definition) is 1. The van der Waals surface area contributed by atoms with Crippen molar-refractivity contribution in [3.63, 3.8) is 0 Å². The van der Waals surface area contributed by atoms with Crippen LogP contribution in [-0.2, 0) is 12.3 Å². The fourth-order valence-corrected chi connectivity index (χ4v) is 3.95. The third-order valence-electron chi connectivity index (χ3n) is 2.80. The number of hydrogen-bond acceptors (Lipinski definition) is 4. The summed E-state index contributed by atoms with van der Waals surface area (Å²) in [5.41, 5.74) is 5.48. The van der Waals surface area contributed by atoms with E-state index in [-0.39, 0.29) is 0 Å². The van der Waals surface area contributed by atoms with E-state index < -0.39 is 0 Å². The van der Waals surface area contributed by atoms with Gasteiger partial charge < -0.3 is 5.73 Å². The smallest absolute Gasteiger partial charge is 0.0328 e. The molecule has 0 unspecified atom stereocenters. The monoisotopic (exact) mass is 256 g/mol. The van der Waals surface area contributed by atoms with Crippen LogP contribution in [0.3, 0.4) is 0 Å². The van der Waals surface area contributed by atoms with Crippen molar-refractivity contribution in [2.75, 3.05) is 25.4 Å². The van der Waals surface area contributed by atoms with Gasteiger partial charge in [0.05, 0.1) is 0 Å². The molecule has 1 aromatic rings. The minimum Gasteiger partial charge on any atom is -0.330 e. The number of likely N-dealkylation sites (tertiary alicyclic amines) is 1. The Bertz CT molecular complexity index is 306. The maximum Gasteiger partial charge on any atom is 0.0328 e. The molecule has 1 aliphatic heterocycles. The van der Waals surface area contributed by atoms with Crippen molar-refractivity contribution >= 4 is 23.1 Å². The van der Waals surface area contributed by atoms with Gasteiger partial charge in [-0.1, -0.05) is 0 Å². The summed E-state index contributed by atoms with van der Waals surface area (Å²) in [4.78, 5) is 5.57. The second-order valence-corrected chi connectivity index (χ2v) is 6.55. The van der Waals surface area contributed by atoms with E-state index in [1.807, 2.05) is 23.1 Å². The van der Waals surface area contributed by atoms with Crippen molar-refractivity contribution in [1.82, 2.24) is 4.90 Å². The second kappa shape index (κ2) is 6.64. The quantitative estimate of drug-likeness (QED) is 0.793. The lowest BCUT2D eigenvalue weighted by Gasteiger charge is -2.12. The largest absolute Gasteiger partial charge is 0.330 e. The molecule has 2 nitrogen and oxygen atoms in total. The Morgan fingerprint density at radius 2 is 2.00 bits per heavy atom. The average molecular weight is 256 g/mol. The maximum absolute atomic E-state index is 5.48. The van der Waals surface area contributed by atoms with Gasteiger partial charge >= 0.3 is 0 Å². The zero-order chi connectivity index (χ0) is 11.2. The van der Waals surface area contributed by atoms with Crippen LogP contribution < -0.4 is 5.73 Å². The van der Waals surface area contributed by atoms with E-state index in [0.717, 1.165) is 24.6 Å². The minimum atomic E-state index is 0.788. The summed E-state index contributed by atoms with van der Waals surface area (Å²) in [7, 11) is 0. The summed E-state index contributed by atoms with van der Waals surface area (Å²) in [6.45, 7) is 4.52. The Hall–Kier alpha value is -0.0300. The van der Waals surface area contributed by atoms with Crippen LogP contribution in [0, 0.1) is 0 Å². The molecule has 1 aromatic heterocycles. The van der Waals surface area contributed by atoms with Crippen LogP contribution in [0.4, 0.5) is 0 Å². The Morgan fingerprint density at radius 1 is 1.25 bits per heavy atom. The zero-order valence-corrected chi connectivity index (χ0v) is 11.3. The lowest BCUT2D eigenvalue weighted by Crippen LogP contribution is -2.17. The minimum absolute atomic E-state index is 0.788. The molecule has 0 atom stereocenters. The van der Waals surface area contributed by atoms with Gasteiger partial charge in [0.15, 0.2) is 0 Å². The molecule has 0 amide bonds. The topological polar surface area (TPSA) is 29.3 Å². The molecule has 0 spiro atoms. The molecule has 1 saturated heterocycles. The van der Waals surface area contributed by atoms with Crippen LogP contribution in [0.5, 0.6) is 0 Å². The zero-order valence-electron chi connectivity index (χ0n) is 9.65. The molecular formula is C12H20N2S2. The lowest BCUT2D eigenvalue weighted by atomic mass is 10.4. The highest BCUT2D eigenvalue weighted by Gasteiger charge is 2.12. The molecule has 1 fully saturated rings. The highest BCUT2D eigenvalue weighted by Crippen LogP contribution is 2.23. The third-order valence-corrected chi connectivity index (χ3v) is 5.09. The number of nitrogens with zero attached hydrogens (tertiary/aromatic N) is 1. The Balaban J connectivity index is 1.77. The van der Waals surface area contributed by atoms with Gasteiger partial charge in [0, 0.05) is 34.3 Å². The van der Waals surface area contributed by atoms with Crippen molar-refractivity contribution in [1.29, 1.82) is 0 Å². The SMILES string of the molecule is NCCSCc1ccc(CN2CCCC2)s1. The Kier molecular flexibility index (Phi) is 5.16. The molecule has 16 heavy (non-hydrogen) atoms. The van der Waals surface area contributed by atoms with E-state index in [1.54, 1.807) is 0 Å². The summed E-state index contributed by atoms with van der Waals surface area (Å²) in [5.74, 6) is 2.20. The van der Waals surface area contributed by atoms with E-state index in [0.29, 0.717) is 0 Å². The van der Waals surface area contributed by atoms with Crippen LogP contribution in [-0.4, -0.2) is 30.3 Å². The first-order valence-electron chi connectivity index (χ1n) is 5.96. The van der Waals surface area contributed by atoms with Crippen molar-refractivity contribution in [2.45, 2.75) is 25.1 Å². The summed E-state index contributed by atoms with van der Waals surface area (Å²) in [5, 5.41) is 0. The van der Waals surface area contributed by atoms with Gasteiger partial charge in [-0.25, -0.2) is 0 Å². The molecule has 2 heterocycles. The first-order chi connectivity index (χ1) is 7.88. The van der Waals surface area contributed by atoms with Crippen molar-refractivity contribution in [3.05, 3.63) is 21.9 Å². The molecule has 0 aromatic carbocycles. The van der Waals surface area contributed by atoms with Crippen molar-refractivity contribution < 1.29 is 0 Å².